The van der Waals surface area contributed by atoms with E-state index in [0.29, 0.717) is 32.7 Å². The van der Waals surface area contributed by atoms with E-state index in [1.807, 2.05) is 55.5 Å². The number of hydrogen-bond donors (Lipinski definition) is 1. The average molecular weight is 653 g/mol. The van der Waals surface area contributed by atoms with Gasteiger partial charge in [0, 0.05) is 38.8 Å². The smallest absolute Gasteiger partial charge is 0.243 e. The van der Waals surface area contributed by atoms with Crippen molar-refractivity contribution in [1.29, 1.82) is 0 Å². The molecule has 1 N–H and O–H groups in total. The van der Waals surface area contributed by atoms with Crippen LogP contribution in [-0.2, 0) is 26.1 Å². The first-order chi connectivity index (χ1) is 22.0. The van der Waals surface area contributed by atoms with Crippen molar-refractivity contribution in [2.45, 2.75) is 75.2 Å². The first kappa shape index (κ1) is 34.2. The molecule has 3 atom stereocenters. The Morgan fingerprint density at radius 2 is 1.76 bits per heavy atom. The second kappa shape index (κ2) is 14.7. The molecule has 0 spiro atoms. The van der Waals surface area contributed by atoms with Crippen LogP contribution in [0.25, 0.3) is 0 Å². The maximum absolute atomic E-state index is 14.2. The summed E-state index contributed by atoms with van der Waals surface area (Å²) in [7, 11) is -0.523. The van der Waals surface area contributed by atoms with Gasteiger partial charge in [0.05, 0.1) is 42.5 Å². The second-order valence-electron chi connectivity index (χ2n) is 13.0. The molecule has 0 radical (unpaired) electrons. The summed E-state index contributed by atoms with van der Waals surface area (Å²) in [6.07, 6.45) is 1.27. The molecule has 0 aromatic heterocycles. The monoisotopic (exact) mass is 652 g/mol. The van der Waals surface area contributed by atoms with Crippen molar-refractivity contribution in [1.82, 2.24) is 4.31 Å². The summed E-state index contributed by atoms with van der Waals surface area (Å²) in [5, 5.41) is 10.9. The minimum atomic E-state index is -3.87. The maximum atomic E-state index is 14.2. The van der Waals surface area contributed by atoms with Gasteiger partial charge in [-0.2, -0.15) is 4.31 Å². The number of anilines is 1. The van der Waals surface area contributed by atoms with Gasteiger partial charge in [-0.1, -0.05) is 35.9 Å². The van der Waals surface area contributed by atoms with E-state index in [1.54, 1.807) is 44.5 Å². The predicted octanol–water partition coefficient (Wildman–Crippen LogP) is 5.53. The molecule has 2 heterocycles. The lowest BCUT2D eigenvalue weighted by Crippen LogP contribution is -2.54. The number of aryl methyl sites for hydroxylation is 1. The number of benzene rings is 3. The number of sulfonamides is 1. The number of ether oxygens (including phenoxy) is 4. The summed E-state index contributed by atoms with van der Waals surface area (Å²) in [5.74, 6) is 1.50. The zero-order valence-corrected chi connectivity index (χ0v) is 28.5. The van der Waals surface area contributed by atoms with E-state index in [-0.39, 0.29) is 17.4 Å². The Balaban J connectivity index is 1.45. The van der Waals surface area contributed by atoms with Crippen LogP contribution in [0.2, 0.25) is 0 Å². The van der Waals surface area contributed by atoms with Gasteiger partial charge in [-0.05, 0) is 87.6 Å². The normalized spacial score (nSPS) is 20.7. The van der Waals surface area contributed by atoms with Crippen LogP contribution in [0.15, 0.2) is 71.6 Å². The molecule has 0 amide bonds. The zero-order valence-electron chi connectivity index (χ0n) is 27.6. The second-order valence-corrected chi connectivity index (χ2v) is 14.9. The summed E-state index contributed by atoms with van der Waals surface area (Å²) in [4.78, 5) is 2.56. The first-order valence-corrected chi connectivity index (χ1v) is 17.5. The van der Waals surface area contributed by atoms with Crippen molar-refractivity contribution in [3.8, 4) is 11.5 Å². The first-order valence-electron chi connectivity index (χ1n) is 16.0. The van der Waals surface area contributed by atoms with Crippen molar-refractivity contribution >= 4 is 15.7 Å². The van der Waals surface area contributed by atoms with Gasteiger partial charge in [-0.3, -0.25) is 0 Å². The third-order valence-corrected chi connectivity index (χ3v) is 10.8. The predicted molar refractivity (Wildman–Crippen MR) is 179 cm³/mol. The summed E-state index contributed by atoms with van der Waals surface area (Å²) >= 11 is 0. The van der Waals surface area contributed by atoms with Crippen molar-refractivity contribution < 1.29 is 32.5 Å². The molecule has 46 heavy (non-hydrogen) atoms. The number of piperidine rings is 1. The van der Waals surface area contributed by atoms with Gasteiger partial charge >= 0.3 is 0 Å². The highest BCUT2D eigenvalue weighted by atomic mass is 32.2. The lowest BCUT2D eigenvalue weighted by molar-refractivity contribution is -0.0345. The number of aliphatic hydroxyl groups is 1. The lowest BCUT2D eigenvalue weighted by atomic mass is 9.81. The molecule has 2 aliphatic heterocycles. The minimum Gasteiger partial charge on any atom is -0.497 e. The van der Waals surface area contributed by atoms with E-state index in [9.17, 15) is 13.5 Å². The molecule has 3 aromatic rings. The maximum Gasteiger partial charge on any atom is 0.243 e. The highest BCUT2D eigenvalue weighted by Crippen LogP contribution is 2.40. The van der Waals surface area contributed by atoms with Crippen LogP contribution in [0.3, 0.4) is 0 Å². The van der Waals surface area contributed by atoms with Gasteiger partial charge in [-0.25, -0.2) is 8.42 Å². The van der Waals surface area contributed by atoms with Crippen molar-refractivity contribution in [3.63, 3.8) is 0 Å². The van der Waals surface area contributed by atoms with E-state index in [0.717, 1.165) is 53.4 Å². The van der Waals surface area contributed by atoms with Gasteiger partial charge in [0.2, 0.25) is 10.0 Å². The highest BCUT2D eigenvalue weighted by Gasteiger charge is 2.44. The van der Waals surface area contributed by atoms with E-state index < -0.39 is 27.8 Å². The molecule has 0 unspecified atom stereocenters. The summed E-state index contributed by atoms with van der Waals surface area (Å²) in [6, 6.07) is 20.5. The third-order valence-electron chi connectivity index (χ3n) is 8.87. The van der Waals surface area contributed by atoms with E-state index in [4.69, 9.17) is 18.9 Å². The number of rotatable bonds is 13. The third kappa shape index (κ3) is 8.22. The van der Waals surface area contributed by atoms with Gasteiger partial charge in [0.25, 0.3) is 0 Å². The molecular formula is C36H48N2O7S. The van der Waals surface area contributed by atoms with E-state index >= 15 is 0 Å². The molecule has 9 nitrogen and oxygen atoms in total. The largest absolute Gasteiger partial charge is 0.497 e. The van der Waals surface area contributed by atoms with Crippen LogP contribution in [0.1, 0.15) is 55.7 Å². The van der Waals surface area contributed by atoms with Gasteiger partial charge < -0.3 is 29.0 Å². The Bertz CT molecular complexity index is 1540. The van der Waals surface area contributed by atoms with Crippen molar-refractivity contribution in [3.05, 3.63) is 83.4 Å². The van der Waals surface area contributed by atoms with Gasteiger partial charge in [0.15, 0.2) is 0 Å². The number of methoxy groups -OCH3 is 2. The van der Waals surface area contributed by atoms with Crippen LogP contribution in [0.4, 0.5) is 5.69 Å². The molecular weight excluding hydrogens is 604 g/mol. The Morgan fingerprint density at radius 3 is 2.43 bits per heavy atom. The Labute approximate surface area is 274 Å². The Morgan fingerprint density at radius 1 is 1.02 bits per heavy atom. The standard InChI is InChI=1S/C36H48N2O7S/c1-26-7-14-31(15-8-26)46(40,41)38-24-35(32(22-29(38)23-36(2,3)39)28-10-12-30(43-5)13-11-28)45-25-27-9-16-34-33(21-27)37(18-20-44-34)17-6-19-42-4/h7-16,21,29,32,35,39H,6,17-20,22-25H2,1-5H3/t29-,32-,35+/m1/s1. The van der Waals surface area contributed by atoms with Crippen LogP contribution < -0.4 is 14.4 Å². The van der Waals surface area contributed by atoms with Crippen molar-refractivity contribution in [2.75, 3.05) is 52.0 Å². The molecule has 250 valence electrons. The number of fused-ring (bicyclic) bond motifs is 1. The number of hydrogen-bond acceptors (Lipinski definition) is 8. The summed E-state index contributed by atoms with van der Waals surface area (Å²) in [6.45, 7) is 8.86. The topological polar surface area (TPSA) is 97.8 Å². The molecule has 1 fully saturated rings. The molecule has 2 aliphatic rings. The quantitative estimate of drug-likeness (QED) is 0.241. The molecule has 10 heteroatoms. The van der Waals surface area contributed by atoms with E-state index in [2.05, 4.69) is 11.0 Å². The van der Waals surface area contributed by atoms with Gasteiger partial charge in [0.1, 0.15) is 18.1 Å². The fraction of sp³-hybridized carbons (Fsp3) is 0.500. The molecule has 3 aromatic carbocycles. The lowest BCUT2D eigenvalue weighted by Gasteiger charge is -2.45. The molecule has 1 saturated heterocycles. The molecule has 5 rings (SSSR count). The Kier molecular flexibility index (Phi) is 11.0. The van der Waals surface area contributed by atoms with E-state index in [1.165, 1.54) is 0 Å². The molecule has 0 saturated carbocycles. The van der Waals surface area contributed by atoms with Crippen LogP contribution in [0.5, 0.6) is 11.5 Å². The van der Waals surface area contributed by atoms with Gasteiger partial charge in [-0.15, -0.1) is 0 Å². The van der Waals surface area contributed by atoms with Crippen LogP contribution in [0, 0.1) is 6.92 Å². The zero-order chi connectivity index (χ0) is 32.9. The summed E-state index contributed by atoms with van der Waals surface area (Å²) < 4.78 is 53.2. The number of nitrogens with zero attached hydrogens (tertiary/aromatic N) is 2. The molecule has 0 bridgehead atoms. The highest BCUT2D eigenvalue weighted by molar-refractivity contribution is 7.89. The van der Waals surface area contributed by atoms with Crippen molar-refractivity contribution in [2.24, 2.45) is 0 Å². The fourth-order valence-electron chi connectivity index (χ4n) is 6.53. The average Bonchev–Trinajstić information content (AvgIpc) is 3.03. The van der Waals surface area contributed by atoms with Crippen LogP contribution >= 0.6 is 0 Å². The fourth-order valence-corrected chi connectivity index (χ4v) is 8.18. The minimum absolute atomic E-state index is 0.103. The van der Waals surface area contributed by atoms with Crippen LogP contribution in [-0.4, -0.2) is 82.6 Å². The SMILES string of the molecule is COCCCN1CCOc2ccc(CO[C@H]3CN(S(=O)(=O)c4ccc(C)cc4)[C@@H](CC(C)(C)O)C[C@@H]3c3ccc(OC)cc3)cc21. The Hall–Kier alpha value is -3.15. The summed E-state index contributed by atoms with van der Waals surface area (Å²) in [5.41, 5.74) is 2.99. The molecule has 0 aliphatic carbocycles.